The van der Waals surface area contributed by atoms with Gasteiger partial charge < -0.3 is 10.5 Å². The molecule has 4 rings (SSSR count). The summed E-state index contributed by atoms with van der Waals surface area (Å²) in [5.74, 6) is 1.55. The third-order valence-corrected chi connectivity index (χ3v) is 4.76. The number of hydrogen-bond donors (Lipinski definition) is 1. The number of nitrogens with zero attached hydrogens (tertiary/aromatic N) is 2. The van der Waals surface area contributed by atoms with Crippen molar-refractivity contribution in [3.63, 3.8) is 0 Å². The molecule has 0 saturated carbocycles. The van der Waals surface area contributed by atoms with E-state index < -0.39 is 0 Å². The van der Waals surface area contributed by atoms with Crippen LogP contribution in [-0.2, 0) is 0 Å². The maximum Gasteiger partial charge on any atom is 0.142 e. The van der Waals surface area contributed by atoms with Crippen LogP contribution in [0, 0.1) is 11.3 Å². The highest BCUT2D eigenvalue weighted by atomic mass is 35.5. The topological polar surface area (TPSA) is 71.9 Å². The molecule has 2 N–H and O–H groups in total. The van der Waals surface area contributed by atoms with Crippen molar-refractivity contribution in [3.8, 4) is 40.0 Å². The molecule has 3 aromatic carbocycles. The molecule has 0 spiro atoms. The maximum atomic E-state index is 9.65. The second kappa shape index (κ2) is 8.05. The Kier molecular flexibility index (Phi) is 5.15. The van der Waals surface area contributed by atoms with Gasteiger partial charge in [-0.3, -0.25) is 0 Å². The minimum atomic E-state index is 0.161. The van der Waals surface area contributed by atoms with Crippen molar-refractivity contribution in [1.29, 1.82) is 5.26 Å². The molecule has 140 valence electrons. The molecule has 0 saturated heterocycles. The first-order valence-corrected chi connectivity index (χ1v) is 9.32. The van der Waals surface area contributed by atoms with Crippen molar-refractivity contribution in [2.75, 3.05) is 5.73 Å². The van der Waals surface area contributed by atoms with Gasteiger partial charge in [-0.1, -0.05) is 60.1 Å². The number of halogens is 1. The Morgan fingerprint density at radius 1 is 0.828 bits per heavy atom. The molecular weight excluding hydrogens is 382 g/mol. The summed E-state index contributed by atoms with van der Waals surface area (Å²) in [6.45, 7) is 0. The van der Waals surface area contributed by atoms with Crippen molar-refractivity contribution < 1.29 is 4.74 Å². The van der Waals surface area contributed by atoms with E-state index in [1.807, 2.05) is 78.9 Å². The summed E-state index contributed by atoms with van der Waals surface area (Å²) >= 11 is 6.33. The van der Waals surface area contributed by atoms with Crippen LogP contribution in [-0.4, -0.2) is 4.98 Å². The van der Waals surface area contributed by atoms with E-state index in [1.54, 1.807) is 6.07 Å². The predicted molar refractivity (Wildman–Crippen MR) is 116 cm³/mol. The second-order valence-electron chi connectivity index (χ2n) is 6.35. The van der Waals surface area contributed by atoms with E-state index in [9.17, 15) is 5.26 Å². The number of aromatic nitrogens is 1. The number of rotatable bonds is 4. The standard InChI is InChI=1S/C24H16ClN3O/c25-22-12-5-4-11-19(22)23-14-20(21(15-26)24(27)28-23)16-7-6-10-18(13-16)29-17-8-2-1-3-9-17/h1-14H,(H2,27,28). The van der Waals surface area contributed by atoms with Crippen LogP contribution in [0.15, 0.2) is 84.9 Å². The molecule has 0 bridgehead atoms. The maximum absolute atomic E-state index is 9.65. The lowest BCUT2D eigenvalue weighted by molar-refractivity contribution is 0.483. The molecule has 0 aliphatic carbocycles. The first-order chi connectivity index (χ1) is 14.2. The van der Waals surface area contributed by atoms with E-state index in [0.29, 0.717) is 27.6 Å². The number of anilines is 1. The van der Waals surface area contributed by atoms with Gasteiger partial charge in [0.2, 0.25) is 0 Å². The fraction of sp³-hybridized carbons (Fsp3) is 0. The van der Waals surface area contributed by atoms with Crippen LogP contribution in [0.25, 0.3) is 22.4 Å². The zero-order valence-electron chi connectivity index (χ0n) is 15.3. The molecule has 0 unspecified atom stereocenters. The zero-order valence-corrected chi connectivity index (χ0v) is 16.1. The Balaban J connectivity index is 1.81. The molecular formula is C24H16ClN3O. The van der Waals surface area contributed by atoms with E-state index in [-0.39, 0.29) is 5.82 Å². The Morgan fingerprint density at radius 3 is 2.31 bits per heavy atom. The molecule has 4 nitrogen and oxygen atoms in total. The minimum Gasteiger partial charge on any atom is -0.457 e. The van der Waals surface area contributed by atoms with E-state index in [1.165, 1.54) is 0 Å². The number of nitrogen functional groups attached to an aromatic ring is 1. The average molecular weight is 398 g/mol. The summed E-state index contributed by atoms with van der Waals surface area (Å²) in [5, 5.41) is 10.2. The summed E-state index contributed by atoms with van der Waals surface area (Å²) in [5.41, 5.74) is 9.27. The minimum absolute atomic E-state index is 0.161. The van der Waals surface area contributed by atoms with E-state index in [2.05, 4.69) is 11.1 Å². The van der Waals surface area contributed by atoms with Gasteiger partial charge in [-0.05, 0) is 42.0 Å². The second-order valence-corrected chi connectivity index (χ2v) is 6.76. The van der Waals surface area contributed by atoms with Gasteiger partial charge in [0, 0.05) is 16.1 Å². The van der Waals surface area contributed by atoms with Crippen LogP contribution >= 0.6 is 11.6 Å². The van der Waals surface area contributed by atoms with Gasteiger partial charge in [0.15, 0.2) is 0 Å². The van der Waals surface area contributed by atoms with Crippen molar-refractivity contribution in [2.45, 2.75) is 0 Å². The lowest BCUT2D eigenvalue weighted by atomic mass is 9.98. The summed E-state index contributed by atoms with van der Waals surface area (Å²) in [7, 11) is 0. The highest BCUT2D eigenvalue weighted by Gasteiger charge is 2.15. The van der Waals surface area contributed by atoms with E-state index in [0.717, 1.165) is 16.9 Å². The number of para-hydroxylation sites is 1. The Hall–Kier alpha value is -3.81. The van der Waals surface area contributed by atoms with Crippen molar-refractivity contribution in [3.05, 3.63) is 95.5 Å². The highest BCUT2D eigenvalue weighted by molar-refractivity contribution is 6.33. The number of ether oxygens (including phenoxy) is 1. The SMILES string of the molecule is N#Cc1c(-c2cccc(Oc3ccccc3)c2)cc(-c2ccccc2Cl)nc1N. The van der Waals surface area contributed by atoms with Gasteiger partial charge >= 0.3 is 0 Å². The normalized spacial score (nSPS) is 10.3. The Labute approximate surface area is 173 Å². The van der Waals surface area contributed by atoms with Crippen LogP contribution in [0.4, 0.5) is 5.82 Å². The zero-order chi connectivity index (χ0) is 20.2. The number of nitriles is 1. The molecule has 4 aromatic rings. The Morgan fingerprint density at radius 2 is 1.55 bits per heavy atom. The van der Waals surface area contributed by atoms with Crippen LogP contribution in [0.2, 0.25) is 5.02 Å². The van der Waals surface area contributed by atoms with Crippen molar-refractivity contribution >= 4 is 17.4 Å². The molecule has 0 fully saturated rings. The van der Waals surface area contributed by atoms with Crippen LogP contribution in [0.3, 0.4) is 0 Å². The largest absolute Gasteiger partial charge is 0.457 e. The van der Waals surface area contributed by atoms with Gasteiger partial charge in [0.1, 0.15) is 28.9 Å². The van der Waals surface area contributed by atoms with Crippen LogP contribution in [0.1, 0.15) is 5.56 Å². The lowest BCUT2D eigenvalue weighted by Crippen LogP contribution is -2.00. The van der Waals surface area contributed by atoms with Crippen LogP contribution in [0.5, 0.6) is 11.5 Å². The van der Waals surface area contributed by atoms with Gasteiger partial charge in [-0.25, -0.2) is 4.98 Å². The summed E-state index contributed by atoms with van der Waals surface area (Å²) in [4.78, 5) is 4.39. The number of nitrogens with two attached hydrogens (primary N) is 1. The Bertz CT molecular complexity index is 1220. The highest BCUT2D eigenvalue weighted by Crippen LogP contribution is 2.35. The molecule has 0 amide bonds. The monoisotopic (exact) mass is 397 g/mol. The smallest absolute Gasteiger partial charge is 0.142 e. The van der Waals surface area contributed by atoms with Crippen LogP contribution < -0.4 is 10.5 Å². The number of pyridine rings is 1. The average Bonchev–Trinajstić information content (AvgIpc) is 2.74. The predicted octanol–water partition coefficient (Wildman–Crippen LogP) is 6.32. The van der Waals surface area contributed by atoms with E-state index >= 15 is 0 Å². The molecule has 0 atom stereocenters. The number of hydrogen-bond acceptors (Lipinski definition) is 4. The molecule has 1 heterocycles. The first kappa shape index (κ1) is 18.5. The van der Waals surface area contributed by atoms with Gasteiger partial charge in [0.05, 0.1) is 5.69 Å². The lowest BCUT2D eigenvalue weighted by Gasteiger charge is -2.12. The van der Waals surface area contributed by atoms with Gasteiger partial charge in [-0.2, -0.15) is 5.26 Å². The fourth-order valence-corrected chi connectivity index (χ4v) is 3.30. The molecule has 29 heavy (non-hydrogen) atoms. The summed E-state index contributed by atoms with van der Waals surface area (Å²) in [6, 6.07) is 28.4. The van der Waals surface area contributed by atoms with Gasteiger partial charge in [-0.15, -0.1) is 0 Å². The number of benzene rings is 3. The molecule has 0 aliphatic heterocycles. The molecule has 0 aliphatic rings. The van der Waals surface area contributed by atoms with E-state index in [4.69, 9.17) is 22.1 Å². The van der Waals surface area contributed by atoms with Gasteiger partial charge in [0.25, 0.3) is 0 Å². The first-order valence-electron chi connectivity index (χ1n) is 8.94. The molecule has 1 aromatic heterocycles. The fourth-order valence-electron chi connectivity index (χ4n) is 3.07. The molecule has 0 radical (unpaired) electrons. The van der Waals surface area contributed by atoms with Crippen molar-refractivity contribution in [2.24, 2.45) is 0 Å². The summed E-state index contributed by atoms with van der Waals surface area (Å²) < 4.78 is 5.93. The van der Waals surface area contributed by atoms with Crippen molar-refractivity contribution in [1.82, 2.24) is 4.98 Å². The third-order valence-electron chi connectivity index (χ3n) is 4.43. The quantitative estimate of drug-likeness (QED) is 0.437. The summed E-state index contributed by atoms with van der Waals surface area (Å²) in [6.07, 6.45) is 0. The molecule has 5 heteroatoms. The third kappa shape index (κ3) is 3.91.